The van der Waals surface area contributed by atoms with Crippen LogP contribution in [-0.2, 0) is 0 Å². The molecule has 1 atom stereocenters. The lowest BCUT2D eigenvalue weighted by atomic mass is 10.1. The smallest absolute Gasteiger partial charge is 0.164 e. The maximum absolute atomic E-state index is 12.1. The van der Waals surface area contributed by atoms with Crippen LogP contribution in [0.15, 0.2) is 30.3 Å². The highest BCUT2D eigenvalue weighted by Gasteiger charge is 2.24. The predicted molar refractivity (Wildman–Crippen MR) is 78.5 cm³/mol. The highest BCUT2D eigenvalue weighted by atomic mass is 16.1. The number of likely N-dealkylation sites (N-methyl/N-ethyl adjacent to an activating group) is 1. The Morgan fingerprint density at radius 3 is 2.74 bits per heavy atom. The molecule has 104 valence electrons. The number of benzene rings is 1. The average molecular weight is 260 g/mol. The predicted octanol–water partition coefficient (Wildman–Crippen LogP) is 2.29. The Morgan fingerprint density at radius 2 is 2.05 bits per heavy atom. The van der Waals surface area contributed by atoms with Crippen molar-refractivity contribution >= 4 is 5.78 Å². The monoisotopic (exact) mass is 260 g/mol. The normalized spacial score (nSPS) is 20.1. The molecule has 0 aliphatic carbocycles. The van der Waals surface area contributed by atoms with Crippen molar-refractivity contribution in [2.75, 3.05) is 33.7 Å². The Bertz CT molecular complexity index is 402. The summed E-state index contributed by atoms with van der Waals surface area (Å²) in [5.74, 6) is 0.260. The molecule has 0 spiro atoms. The average Bonchev–Trinajstić information content (AvgIpc) is 2.83. The summed E-state index contributed by atoms with van der Waals surface area (Å²) in [4.78, 5) is 16.8. The lowest BCUT2D eigenvalue weighted by Gasteiger charge is -2.26. The number of Topliss-reactive ketones (excluding diaryl/α,β-unsaturated/α-hetero) is 1. The first-order chi connectivity index (χ1) is 9.16. The number of nitrogens with zero attached hydrogens (tertiary/aromatic N) is 2. The van der Waals surface area contributed by atoms with Crippen LogP contribution in [-0.4, -0.2) is 55.4 Å². The van der Waals surface area contributed by atoms with Crippen molar-refractivity contribution in [3.8, 4) is 0 Å². The zero-order valence-corrected chi connectivity index (χ0v) is 12.0. The fourth-order valence-corrected chi connectivity index (χ4v) is 2.83. The molecule has 1 aliphatic heterocycles. The van der Waals surface area contributed by atoms with Gasteiger partial charge in [-0.2, -0.15) is 0 Å². The second-order valence-electron chi connectivity index (χ2n) is 5.63. The maximum Gasteiger partial charge on any atom is 0.164 e. The molecular weight excluding hydrogens is 236 g/mol. The van der Waals surface area contributed by atoms with E-state index in [1.165, 1.54) is 12.8 Å². The molecule has 1 aromatic carbocycles. The van der Waals surface area contributed by atoms with Crippen LogP contribution < -0.4 is 0 Å². The highest BCUT2D eigenvalue weighted by molar-refractivity contribution is 5.96. The molecule has 0 radical (unpaired) electrons. The van der Waals surface area contributed by atoms with Gasteiger partial charge < -0.3 is 4.90 Å². The first-order valence-electron chi connectivity index (χ1n) is 7.14. The number of rotatable bonds is 6. The number of carbonyl (C=O) groups is 1. The minimum absolute atomic E-state index is 0.260. The molecule has 1 unspecified atom stereocenters. The SMILES string of the molecule is CN(C)CC1CCCN1CCC(=O)c1ccccc1. The molecular formula is C16H24N2O. The Balaban J connectivity index is 1.83. The molecule has 3 heteroatoms. The fraction of sp³-hybridized carbons (Fsp3) is 0.562. The van der Waals surface area contributed by atoms with E-state index in [2.05, 4.69) is 23.9 Å². The van der Waals surface area contributed by atoms with Gasteiger partial charge in [0.05, 0.1) is 0 Å². The van der Waals surface area contributed by atoms with Crippen molar-refractivity contribution in [2.45, 2.75) is 25.3 Å². The van der Waals surface area contributed by atoms with Gasteiger partial charge in [0.2, 0.25) is 0 Å². The van der Waals surface area contributed by atoms with Gasteiger partial charge in [0.25, 0.3) is 0 Å². The van der Waals surface area contributed by atoms with E-state index in [9.17, 15) is 4.79 Å². The van der Waals surface area contributed by atoms with Crippen LogP contribution in [0.2, 0.25) is 0 Å². The number of hydrogen-bond donors (Lipinski definition) is 0. The topological polar surface area (TPSA) is 23.6 Å². The fourth-order valence-electron chi connectivity index (χ4n) is 2.83. The van der Waals surface area contributed by atoms with Crippen LogP contribution in [0.4, 0.5) is 0 Å². The van der Waals surface area contributed by atoms with Gasteiger partial charge in [-0.3, -0.25) is 9.69 Å². The summed E-state index contributed by atoms with van der Waals surface area (Å²) in [5.41, 5.74) is 0.839. The van der Waals surface area contributed by atoms with Crippen LogP contribution in [0.3, 0.4) is 0 Å². The summed E-state index contributed by atoms with van der Waals surface area (Å²) >= 11 is 0. The highest BCUT2D eigenvalue weighted by Crippen LogP contribution is 2.18. The van der Waals surface area contributed by atoms with Crippen molar-refractivity contribution in [1.82, 2.24) is 9.80 Å². The van der Waals surface area contributed by atoms with E-state index in [0.717, 1.165) is 25.2 Å². The summed E-state index contributed by atoms with van der Waals surface area (Å²) in [5, 5.41) is 0. The molecule has 0 amide bonds. The number of ketones is 1. The third-order valence-corrected chi connectivity index (χ3v) is 3.80. The minimum Gasteiger partial charge on any atom is -0.308 e. The second kappa shape index (κ2) is 6.83. The van der Waals surface area contributed by atoms with E-state index in [4.69, 9.17) is 0 Å². The molecule has 0 N–H and O–H groups in total. The molecule has 1 aromatic rings. The number of hydrogen-bond acceptors (Lipinski definition) is 3. The standard InChI is InChI=1S/C16H24N2O/c1-17(2)13-15-9-6-11-18(15)12-10-16(19)14-7-4-3-5-8-14/h3-5,7-8,15H,6,9-13H2,1-2H3. The van der Waals surface area contributed by atoms with Gasteiger partial charge in [-0.05, 0) is 33.5 Å². The molecule has 1 saturated heterocycles. The van der Waals surface area contributed by atoms with Gasteiger partial charge in [-0.25, -0.2) is 0 Å². The molecule has 1 aliphatic rings. The quantitative estimate of drug-likeness (QED) is 0.733. The minimum atomic E-state index is 0.260. The Kier molecular flexibility index (Phi) is 5.11. The molecule has 1 fully saturated rings. The van der Waals surface area contributed by atoms with E-state index in [-0.39, 0.29) is 5.78 Å². The van der Waals surface area contributed by atoms with Gasteiger partial charge in [0.1, 0.15) is 0 Å². The lowest BCUT2D eigenvalue weighted by Crippen LogP contribution is -2.38. The van der Waals surface area contributed by atoms with Crippen LogP contribution in [0.25, 0.3) is 0 Å². The Labute approximate surface area is 116 Å². The van der Waals surface area contributed by atoms with E-state index in [0.29, 0.717) is 12.5 Å². The first-order valence-corrected chi connectivity index (χ1v) is 7.14. The van der Waals surface area contributed by atoms with Crippen molar-refractivity contribution in [1.29, 1.82) is 0 Å². The summed E-state index contributed by atoms with van der Waals surface area (Å²) in [6.45, 7) is 3.13. The number of carbonyl (C=O) groups excluding carboxylic acids is 1. The molecule has 2 rings (SSSR count). The molecule has 3 nitrogen and oxygen atoms in total. The van der Waals surface area contributed by atoms with Crippen LogP contribution in [0.5, 0.6) is 0 Å². The van der Waals surface area contributed by atoms with E-state index < -0.39 is 0 Å². The first kappa shape index (κ1) is 14.2. The van der Waals surface area contributed by atoms with Gasteiger partial charge in [-0.15, -0.1) is 0 Å². The van der Waals surface area contributed by atoms with E-state index in [1.807, 2.05) is 30.3 Å². The maximum atomic E-state index is 12.1. The van der Waals surface area contributed by atoms with Crippen LogP contribution in [0.1, 0.15) is 29.6 Å². The molecule has 0 saturated carbocycles. The third kappa shape index (κ3) is 4.15. The molecule has 1 heterocycles. The molecule has 0 aromatic heterocycles. The van der Waals surface area contributed by atoms with Crippen molar-refractivity contribution in [2.24, 2.45) is 0 Å². The number of likely N-dealkylation sites (tertiary alicyclic amines) is 1. The van der Waals surface area contributed by atoms with Crippen molar-refractivity contribution in [3.63, 3.8) is 0 Å². The molecule has 0 bridgehead atoms. The van der Waals surface area contributed by atoms with Crippen molar-refractivity contribution < 1.29 is 4.79 Å². The Morgan fingerprint density at radius 1 is 1.32 bits per heavy atom. The van der Waals surface area contributed by atoms with Gasteiger partial charge in [0.15, 0.2) is 5.78 Å². The zero-order valence-electron chi connectivity index (χ0n) is 12.0. The van der Waals surface area contributed by atoms with Crippen molar-refractivity contribution in [3.05, 3.63) is 35.9 Å². The van der Waals surface area contributed by atoms with E-state index >= 15 is 0 Å². The van der Waals surface area contributed by atoms with Gasteiger partial charge >= 0.3 is 0 Å². The van der Waals surface area contributed by atoms with Crippen LogP contribution >= 0.6 is 0 Å². The Hall–Kier alpha value is -1.19. The lowest BCUT2D eigenvalue weighted by molar-refractivity contribution is 0.0957. The van der Waals surface area contributed by atoms with Gasteiger partial charge in [0, 0.05) is 31.1 Å². The van der Waals surface area contributed by atoms with E-state index in [1.54, 1.807) is 0 Å². The summed E-state index contributed by atoms with van der Waals surface area (Å²) in [7, 11) is 4.23. The second-order valence-corrected chi connectivity index (χ2v) is 5.63. The van der Waals surface area contributed by atoms with Gasteiger partial charge in [-0.1, -0.05) is 30.3 Å². The summed E-state index contributed by atoms with van der Waals surface area (Å²) in [6.07, 6.45) is 3.16. The molecule has 19 heavy (non-hydrogen) atoms. The third-order valence-electron chi connectivity index (χ3n) is 3.80. The summed E-state index contributed by atoms with van der Waals surface area (Å²) in [6, 6.07) is 10.2. The zero-order chi connectivity index (χ0) is 13.7. The summed E-state index contributed by atoms with van der Waals surface area (Å²) < 4.78 is 0. The largest absolute Gasteiger partial charge is 0.308 e. The van der Waals surface area contributed by atoms with Crippen LogP contribution in [0, 0.1) is 0 Å².